The molecular formula is C16H19N3OS. The van der Waals surface area contributed by atoms with Crippen LogP contribution in [0.3, 0.4) is 0 Å². The van der Waals surface area contributed by atoms with E-state index in [0.29, 0.717) is 11.6 Å². The summed E-state index contributed by atoms with van der Waals surface area (Å²) in [5, 5.41) is 3.36. The molecule has 110 valence electrons. The van der Waals surface area contributed by atoms with Crippen molar-refractivity contribution >= 4 is 28.6 Å². The molecule has 2 rings (SSSR count). The van der Waals surface area contributed by atoms with Crippen LogP contribution >= 0.6 is 12.2 Å². The van der Waals surface area contributed by atoms with E-state index in [4.69, 9.17) is 22.7 Å². The predicted molar refractivity (Wildman–Crippen MR) is 90.5 cm³/mol. The van der Waals surface area contributed by atoms with E-state index in [9.17, 15) is 0 Å². The van der Waals surface area contributed by atoms with Crippen LogP contribution in [0, 0.1) is 13.8 Å². The van der Waals surface area contributed by atoms with Gasteiger partial charge in [-0.25, -0.2) is 0 Å². The Morgan fingerprint density at radius 2 is 2.00 bits per heavy atom. The minimum atomic E-state index is 0.330. The molecule has 4 nitrogen and oxygen atoms in total. The molecule has 0 bridgehead atoms. The minimum Gasteiger partial charge on any atom is -0.492 e. The number of pyridine rings is 1. The summed E-state index contributed by atoms with van der Waals surface area (Å²) >= 11 is 5.15. The Morgan fingerprint density at radius 3 is 2.67 bits per heavy atom. The first-order valence-electron chi connectivity index (χ1n) is 6.79. The van der Waals surface area contributed by atoms with Crippen molar-refractivity contribution in [3.63, 3.8) is 0 Å². The molecule has 1 heterocycles. The fraction of sp³-hybridized carbons (Fsp3) is 0.250. The zero-order valence-corrected chi connectivity index (χ0v) is 13.3. The van der Waals surface area contributed by atoms with Crippen LogP contribution in [0.5, 0.6) is 5.75 Å². The number of para-hydroxylation sites is 2. The highest BCUT2D eigenvalue weighted by molar-refractivity contribution is 7.80. The number of nitrogens with one attached hydrogen (secondary N) is 1. The Hall–Kier alpha value is -2.14. The summed E-state index contributed by atoms with van der Waals surface area (Å²) in [6.45, 7) is 6.41. The van der Waals surface area contributed by atoms with Crippen molar-refractivity contribution in [2.24, 2.45) is 5.73 Å². The second kappa shape index (κ2) is 6.54. The lowest BCUT2D eigenvalue weighted by Crippen LogP contribution is -2.15. The average molecular weight is 301 g/mol. The quantitative estimate of drug-likeness (QED) is 0.828. The molecule has 0 saturated heterocycles. The van der Waals surface area contributed by atoms with Gasteiger partial charge in [-0.2, -0.15) is 0 Å². The van der Waals surface area contributed by atoms with Crippen molar-refractivity contribution in [2.75, 3.05) is 11.9 Å². The number of thiocarbonyl (C=S) groups is 1. The third-order valence-electron chi connectivity index (χ3n) is 3.03. The Balaban J connectivity index is 2.47. The molecule has 2 aromatic rings. The zero-order valence-electron chi connectivity index (χ0n) is 12.4. The van der Waals surface area contributed by atoms with Gasteiger partial charge in [-0.3, -0.25) is 4.98 Å². The lowest BCUT2D eigenvalue weighted by atomic mass is 10.1. The highest BCUT2D eigenvalue weighted by Crippen LogP contribution is 2.30. The number of nitrogens with two attached hydrogens (primary N) is 1. The van der Waals surface area contributed by atoms with Crippen LogP contribution in [0.15, 0.2) is 30.3 Å². The molecule has 0 unspecified atom stereocenters. The minimum absolute atomic E-state index is 0.330. The van der Waals surface area contributed by atoms with Crippen LogP contribution in [0.4, 0.5) is 11.4 Å². The number of anilines is 2. The van der Waals surface area contributed by atoms with Crippen molar-refractivity contribution in [2.45, 2.75) is 20.8 Å². The van der Waals surface area contributed by atoms with Crippen LogP contribution in [0.1, 0.15) is 23.9 Å². The first-order valence-corrected chi connectivity index (χ1v) is 7.20. The Morgan fingerprint density at radius 1 is 1.29 bits per heavy atom. The van der Waals surface area contributed by atoms with Crippen molar-refractivity contribution in [3.8, 4) is 5.75 Å². The topological polar surface area (TPSA) is 60.2 Å². The summed E-state index contributed by atoms with van der Waals surface area (Å²) in [5.74, 6) is 0.793. The maximum absolute atomic E-state index is 5.84. The predicted octanol–water partition coefficient (Wildman–Crippen LogP) is 3.47. The number of aromatic nitrogens is 1. The first-order chi connectivity index (χ1) is 10.0. The van der Waals surface area contributed by atoms with Gasteiger partial charge in [0.25, 0.3) is 0 Å². The van der Waals surface area contributed by atoms with Crippen LogP contribution in [0.25, 0.3) is 0 Å². The van der Waals surface area contributed by atoms with E-state index in [-0.39, 0.29) is 0 Å². The van der Waals surface area contributed by atoms with Gasteiger partial charge in [0, 0.05) is 11.4 Å². The van der Waals surface area contributed by atoms with Gasteiger partial charge in [0.05, 0.1) is 23.5 Å². The fourth-order valence-electron chi connectivity index (χ4n) is 2.23. The van der Waals surface area contributed by atoms with Gasteiger partial charge in [0.2, 0.25) is 0 Å². The van der Waals surface area contributed by atoms with Crippen molar-refractivity contribution < 1.29 is 4.74 Å². The van der Waals surface area contributed by atoms with Crippen LogP contribution in [-0.4, -0.2) is 16.6 Å². The van der Waals surface area contributed by atoms with E-state index in [1.807, 2.05) is 51.1 Å². The van der Waals surface area contributed by atoms with Gasteiger partial charge in [-0.1, -0.05) is 24.4 Å². The van der Waals surface area contributed by atoms with Gasteiger partial charge in [0.1, 0.15) is 10.7 Å². The molecule has 0 fully saturated rings. The normalized spacial score (nSPS) is 10.2. The van der Waals surface area contributed by atoms with Gasteiger partial charge >= 0.3 is 0 Å². The fourth-order valence-corrected chi connectivity index (χ4v) is 2.49. The molecule has 1 aromatic carbocycles. The van der Waals surface area contributed by atoms with E-state index in [1.54, 1.807) is 0 Å². The molecule has 1 aromatic heterocycles. The smallest absolute Gasteiger partial charge is 0.142 e. The Bertz CT molecular complexity index is 671. The van der Waals surface area contributed by atoms with Gasteiger partial charge < -0.3 is 15.8 Å². The SMILES string of the molecule is CCOc1ccccc1Nc1cc(C)nc(C)c1C(N)=S. The van der Waals surface area contributed by atoms with Crippen LogP contribution in [0.2, 0.25) is 0 Å². The molecule has 21 heavy (non-hydrogen) atoms. The Kier molecular flexibility index (Phi) is 4.75. The summed E-state index contributed by atoms with van der Waals surface area (Å²) in [5.41, 5.74) is 10.1. The van der Waals surface area contributed by atoms with Crippen LogP contribution < -0.4 is 15.8 Å². The standard InChI is InChI=1S/C16H19N3OS/c1-4-20-14-8-6-5-7-12(14)19-13-9-10(2)18-11(3)15(13)16(17)21/h5-9H,4H2,1-3H3,(H2,17,21)(H,18,19). The van der Waals surface area contributed by atoms with E-state index >= 15 is 0 Å². The summed E-state index contributed by atoms with van der Waals surface area (Å²) in [4.78, 5) is 4.75. The number of hydrogen-bond acceptors (Lipinski definition) is 4. The molecule has 0 amide bonds. The van der Waals surface area contributed by atoms with E-state index in [2.05, 4.69) is 10.3 Å². The number of nitrogens with zero attached hydrogens (tertiary/aromatic N) is 1. The second-order valence-corrected chi connectivity index (χ2v) is 5.13. The molecule has 0 aliphatic heterocycles. The van der Waals surface area contributed by atoms with Crippen molar-refractivity contribution in [3.05, 3.63) is 47.3 Å². The number of benzene rings is 1. The summed E-state index contributed by atoms with van der Waals surface area (Å²) in [7, 11) is 0. The van der Waals surface area contributed by atoms with Gasteiger partial charge in [0.15, 0.2) is 0 Å². The third-order valence-corrected chi connectivity index (χ3v) is 3.24. The molecule has 0 aliphatic rings. The summed E-state index contributed by atoms with van der Waals surface area (Å²) in [6, 6.07) is 9.71. The lowest BCUT2D eigenvalue weighted by Gasteiger charge is -2.16. The largest absolute Gasteiger partial charge is 0.492 e. The molecule has 0 saturated carbocycles. The monoisotopic (exact) mass is 301 g/mol. The summed E-state index contributed by atoms with van der Waals surface area (Å²) in [6.07, 6.45) is 0. The highest BCUT2D eigenvalue weighted by Gasteiger charge is 2.13. The molecule has 0 radical (unpaired) electrons. The van der Waals surface area contributed by atoms with Gasteiger partial charge in [-0.15, -0.1) is 0 Å². The number of aryl methyl sites for hydroxylation is 2. The first kappa shape index (κ1) is 15.3. The maximum Gasteiger partial charge on any atom is 0.142 e. The zero-order chi connectivity index (χ0) is 15.4. The molecular weight excluding hydrogens is 282 g/mol. The van der Waals surface area contributed by atoms with Crippen LogP contribution in [-0.2, 0) is 0 Å². The number of ether oxygens (including phenoxy) is 1. The van der Waals surface area contributed by atoms with E-state index in [1.165, 1.54) is 0 Å². The number of hydrogen-bond donors (Lipinski definition) is 2. The number of rotatable bonds is 5. The third kappa shape index (κ3) is 3.49. The maximum atomic E-state index is 5.84. The molecule has 3 N–H and O–H groups in total. The van der Waals surface area contributed by atoms with E-state index in [0.717, 1.165) is 34.1 Å². The molecule has 0 atom stereocenters. The van der Waals surface area contributed by atoms with Crippen molar-refractivity contribution in [1.29, 1.82) is 0 Å². The van der Waals surface area contributed by atoms with Gasteiger partial charge in [-0.05, 0) is 39.0 Å². The van der Waals surface area contributed by atoms with E-state index < -0.39 is 0 Å². The summed E-state index contributed by atoms with van der Waals surface area (Å²) < 4.78 is 5.63. The van der Waals surface area contributed by atoms with Crippen molar-refractivity contribution in [1.82, 2.24) is 4.98 Å². The highest BCUT2D eigenvalue weighted by atomic mass is 32.1. The average Bonchev–Trinajstić information content (AvgIpc) is 2.40. The molecule has 0 aliphatic carbocycles. The molecule has 0 spiro atoms. The Labute approximate surface area is 130 Å². The molecule has 5 heteroatoms. The second-order valence-electron chi connectivity index (χ2n) is 4.69. The lowest BCUT2D eigenvalue weighted by molar-refractivity contribution is 0.342.